The lowest BCUT2D eigenvalue weighted by Gasteiger charge is -2.23. The molecular weight excluding hydrogens is 282 g/mol. The van der Waals surface area contributed by atoms with Crippen molar-refractivity contribution in [1.29, 1.82) is 0 Å². The molecule has 0 saturated heterocycles. The first-order valence-corrected chi connectivity index (χ1v) is 12.2. The van der Waals surface area contributed by atoms with Gasteiger partial charge in [0.15, 0.2) is 0 Å². The Bertz CT molecular complexity index is 456. The van der Waals surface area contributed by atoms with E-state index in [9.17, 15) is 0 Å². The zero-order chi connectivity index (χ0) is 16.4. The van der Waals surface area contributed by atoms with Crippen molar-refractivity contribution in [2.75, 3.05) is 0 Å². The molecule has 0 fully saturated rings. The van der Waals surface area contributed by atoms with Gasteiger partial charge in [-0.05, 0) is 17.6 Å². The topological polar surface area (TPSA) is 12.0 Å². The third-order valence-electron chi connectivity index (χ3n) is 3.73. The monoisotopic (exact) mass is 315 g/mol. The van der Waals surface area contributed by atoms with Crippen LogP contribution < -0.4 is 5.32 Å². The van der Waals surface area contributed by atoms with Gasteiger partial charge in [-0.2, -0.15) is 0 Å². The van der Waals surface area contributed by atoms with Crippen LogP contribution in [0.4, 0.5) is 0 Å². The molecule has 1 aromatic rings. The van der Waals surface area contributed by atoms with Crippen LogP contribution >= 0.6 is 0 Å². The average Bonchev–Trinajstić information content (AvgIpc) is 2.49. The van der Waals surface area contributed by atoms with Gasteiger partial charge in [0.25, 0.3) is 0 Å². The Balaban J connectivity index is 2.77. The predicted molar refractivity (Wildman–Crippen MR) is 103 cm³/mol. The van der Waals surface area contributed by atoms with E-state index in [1.807, 2.05) is 0 Å². The van der Waals surface area contributed by atoms with Crippen LogP contribution in [-0.4, -0.2) is 14.1 Å². The molecule has 0 aliphatic rings. The van der Waals surface area contributed by atoms with Crippen LogP contribution in [0.5, 0.6) is 0 Å². The van der Waals surface area contributed by atoms with Crippen molar-refractivity contribution >= 4 is 8.07 Å². The summed E-state index contributed by atoms with van der Waals surface area (Å²) in [5, 5.41) is 3.75. The standard InChI is InChI=1S/C20H33NSi/c1-6-8-10-15-20(19(7-2)17-22(3,4)5)21-16-18-13-11-9-12-14-18/h7,9,11-14,17,20-21H,2,6,8,10,15-16H2,1,3-5H3/b19-17+. The molecule has 1 aromatic carbocycles. The molecule has 0 amide bonds. The Hall–Kier alpha value is -1.12. The minimum atomic E-state index is -1.23. The maximum absolute atomic E-state index is 4.06. The maximum atomic E-state index is 4.06. The van der Waals surface area contributed by atoms with E-state index >= 15 is 0 Å². The zero-order valence-electron chi connectivity index (χ0n) is 14.9. The summed E-state index contributed by atoms with van der Waals surface area (Å²) in [6.45, 7) is 14.4. The summed E-state index contributed by atoms with van der Waals surface area (Å²) in [6, 6.07) is 11.1. The van der Waals surface area contributed by atoms with Gasteiger partial charge in [-0.25, -0.2) is 0 Å². The molecule has 122 valence electrons. The third kappa shape index (κ3) is 7.76. The number of rotatable bonds is 10. The van der Waals surface area contributed by atoms with Crippen LogP contribution in [0.25, 0.3) is 0 Å². The summed E-state index contributed by atoms with van der Waals surface area (Å²) in [5.41, 5.74) is 5.24. The fraction of sp³-hybridized carbons (Fsp3) is 0.500. The third-order valence-corrected chi connectivity index (χ3v) is 4.93. The maximum Gasteiger partial charge on any atom is 0.0691 e. The van der Waals surface area contributed by atoms with Gasteiger partial charge in [0.2, 0.25) is 0 Å². The van der Waals surface area contributed by atoms with E-state index in [1.54, 1.807) is 0 Å². The van der Waals surface area contributed by atoms with Gasteiger partial charge in [0.05, 0.1) is 8.07 Å². The average molecular weight is 316 g/mol. The van der Waals surface area contributed by atoms with Crippen molar-refractivity contribution in [2.45, 2.75) is 64.8 Å². The van der Waals surface area contributed by atoms with E-state index in [1.165, 1.54) is 36.8 Å². The van der Waals surface area contributed by atoms with Crippen molar-refractivity contribution in [3.8, 4) is 0 Å². The first-order valence-electron chi connectivity index (χ1n) is 8.58. The van der Waals surface area contributed by atoms with Crippen LogP contribution in [0.15, 0.2) is 54.3 Å². The molecular formula is C20H33NSi. The van der Waals surface area contributed by atoms with Crippen molar-refractivity contribution in [3.63, 3.8) is 0 Å². The molecule has 0 heterocycles. The number of benzene rings is 1. The van der Waals surface area contributed by atoms with Gasteiger partial charge in [0.1, 0.15) is 0 Å². The Morgan fingerprint density at radius 1 is 1.18 bits per heavy atom. The zero-order valence-corrected chi connectivity index (χ0v) is 15.9. The first kappa shape index (κ1) is 18.9. The molecule has 1 unspecified atom stereocenters. The van der Waals surface area contributed by atoms with E-state index < -0.39 is 8.07 Å². The summed E-state index contributed by atoms with van der Waals surface area (Å²) in [6.07, 6.45) is 7.11. The molecule has 0 aliphatic carbocycles. The Kier molecular flexibility index (Phi) is 8.43. The lowest BCUT2D eigenvalue weighted by atomic mass is 10.0. The molecule has 1 atom stereocenters. The minimum absolute atomic E-state index is 0.427. The molecule has 0 aliphatic heterocycles. The highest BCUT2D eigenvalue weighted by molar-refractivity contribution is 6.81. The fourth-order valence-electron chi connectivity index (χ4n) is 2.62. The normalized spacial score (nSPS) is 13.9. The summed E-state index contributed by atoms with van der Waals surface area (Å²) in [5.74, 6) is 0. The molecule has 0 spiro atoms. The molecule has 22 heavy (non-hydrogen) atoms. The van der Waals surface area contributed by atoms with Crippen LogP contribution in [0.2, 0.25) is 19.6 Å². The quantitative estimate of drug-likeness (QED) is 0.331. The van der Waals surface area contributed by atoms with Gasteiger partial charge >= 0.3 is 0 Å². The SMILES string of the molecule is C=C/C(=C\[Si](C)(C)C)C(CCCCC)NCc1ccccc1. The second-order valence-electron chi connectivity index (χ2n) is 7.13. The highest BCUT2D eigenvalue weighted by Gasteiger charge is 2.16. The Labute approximate surface area is 138 Å². The lowest BCUT2D eigenvalue weighted by molar-refractivity contribution is 0.511. The number of unbranched alkanes of at least 4 members (excludes halogenated alkanes) is 2. The van der Waals surface area contributed by atoms with Crippen LogP contribution in [-0.2, 0) is 6.54 Å². The second-order valence-corrected chi connectivity index (χ2v) is 12.2. The van der Waals surface area contributed by atoms with Crippen molar-refractivity contribution in [3.05, 3.63) is 59.8 Å². The fourth-order valence-corrected chi connectivity index (χ4v) is 3.94. The lowest BCUT2D eigenvalue weighted by Crippen LogP contribution is -2.32. The summed E-state index contributed by atoms with van der Waals surface area (Å²) >= 11 is 0. The van der Waals surface area contributed by atoms with Gasteiger partial charge in [0, 0.05) is 12.6 Å². The smallest absolute Gasteiger partial charge is 0.0691 e. The van der Waals surface area contributed by atoms with Gasteiger partial charge in [-0.1, -0.05) is 94.5 Å². The van der Waals surface area contributed by atoms with E-state index in [0.29, 0.717) is 6.04 Å². The Morgan fingerprint density at radius 3 is 2.41 bits per heavy atom. The summed E-state index contributed by atoms with van der Waals surface area (Å²) < 4.78 is 0. The van der Waals surface area contributed by atoms with Crippen LogP contribution in [0.1, 0.15) is 38.2 Å². The highest BCUT2D eigenvalue weighted by Crippen LogP contribution is 2.17. The van der Waals surface area contributed by atoms with E-state index in [0.717, 1.165) is 6.54 Å². The van der Waals surface area contributed by atoms with Crippen molar-refractivity contribution in [1.82, 2.24) is 5.32 Å². The van der Waals surface area contributed by atoms with Gasteiger partial charge < -0.3 is 5.32 Å². The molecule has 2 heteroatoms. The summed E-state index contributed by atoms with van der Waals surface area (Å²) in [4.78, 5) is 0. The largest absolute Gasteiger partial charge is 0.306 e. The number of hydrogen-bond acceptors (Lipinski definition) is 1. The predicted octanol–water partition coefficient (Wildman–Crippen LogP) is 5.71. The number of nitrogens with one attached hydrogen (secondary N) is 1. The van der Waals surface area contributed by atoms with E-state index in [4.69, 9.17) is 0 Å². The molecule has 0 saturated carbocycles. The molecule has 1 rings (SSSR count). The second kappa shape index (κ2) is 9.81. The van der Waals surface area contributed by atoms with Gasteiger partial charge in [-0.3, -0.25) is 0 Å². The van der Waals surface area contributed by atoms with Crippen molar-refractivity contribution in [2.24, 2.45) is 0 Å². The highest BCUT2D eigenvalue weighted by atomic mass is 28.3. The summed E-state index contributed by atoms with van der Waals surface area (Å²) in [7, 11) is -1.23. The van der Waals surface area contributed by atoms with Crippen LogP contribution in [0, 0.1) is 0 Å². The molecule has 0 radical (unpaired) electrons. The van der Waals surface area contributed by atoms with Crippen LogP contribution in [0.3, 0.4) is 0 Å². The number of hydrogen-bond donors (Lipinski definition) is 1. The van der Waals surface area contributed by atoms with Gasteiger partial charge in [-0.15, -0.1) is 0 Å². The Morgan fingerprint density at radius 2 is 1.86 bits per heavy atom. The molecule has 0 aromatic heterocycles. The first-order chi connectivity index (χ1) is 10.5. The molecule has 1 nitrogen and oxygen atoms in total. The molecule has 1 N–H and O–H groups in total. The van der Waals surface area contributed by atoms with E-state index in [2.05, 4.69) is 80.6 Å². The molecule has 0 bridgehead atoms. The van der Waals surface area contributed by atoms with E-state index in [-0.39, 0.29) is 0 Å². The van der Waals surface area contributed by atoms with Crippen molar-refractivity contribution < 1.29 is 0 Å². The minimum Gasteiger partial charge on any atom is -0.306 e.